The summed E-state index contributed by atoms with van der Waals surface area (Å²) < 4.78 is 64.4. The molecule has 2 aliphatic carbocycles. The Morgan fingerprint density at radius 1 is 1.45 bits per heavy atom. The summed E-state index contributed by atoms with van der Waals surface area (Å²) in [5.41, 5.74) is 0.679. The summed E-state index contributed by atoms with van der Waals surface area (Å²) in [6, 6.07) is 5.02. The first-order chi connectivity index (χ1) is 12.5. The van der Waals surface area contributed by atoms with Crippen molar-refractivity contribution in [2.24, 2.45) is 5.92 Å². The molecule has 1 aromatic rings. The van der Waals surface area contributed by atoms with Gasteiger partial charge in [0.05, 0.1) is 7.11 Å². The van der Waals surface area contributed by atoms with E-state index in [0.29, 0.717) is 25.0 Å². The second-order valence-corrected chi connectivity index (χ2v) is 6.22. The summed E-state index contributed by atoms with van der Waals surface area (Å²) in [6.45, 7) is -5.30. The molecule has 3 aliphatic rings. The van der Waals surface area contributed by atoms with Gasteiger partial charge in [0.2, 0.25) is 0 Å². The summed E-state index contributed by atoms with van der Waals surface area (Å²) in [5, 5.41) is 0. The highest BCUT2D eigenvalue weighted by Crippen LogP contribution is 2.55. The van der Waals surface area contributed by atoms with Gasteiger partial charge >= 0.3 is 0 Å². The topological polar surface area (TPSA) is 12.5 Å². The molecule has 2 bridgehead atoms. The first-order valence-electron chi connectivity index (χ1n) is 11.0. The largest absolute Gasteiger partial charge is 0.497 e. The van der Waals surface area contributed by atoms with Gasteiger partial charge in [0.25, 0.3) is 0 Å². The van der Waals surface area contributed by atoms with Crippen molar-refractivity contribution in [2.75, 3.05) is 20.6 Å². The quantitative estimate of drug-likeness (QED) is 0.781. The molecule has 1 aromatic carbocycles. The highest BCUT2D eigenvalue weighted by atomic mass is 16.5. The van der Waals surface area contributed by atoms with E-state index >= 15 is 0 Å². The number of ether oxygens (including phenoxy) is 1. The van der Waals surface area contributed by atoms with Crippen molar-refractivity contribution in [3.05, 3.63) is 29.3 Å². The number of hydrogen-bond acceptors (Lipinski definition) is 2. The average molecular weight is 278 g/mol. The van der Waals surface area contributed by atoms with Crippen molar-refractivity contribution < 1.29 is 14.3 Å². The molecule has 1 aliphatic heterocycles. The summed E-state index contributed by atoms with van der Waals surface area (Å²) in [7, 11) is 1.56. The lowest BCUT2D eigenvalue weighted by Gasteiger charge is -2.58. The zero-order chi connectivity index (χ0) is 19.8. The van der Waals surface area contributed by atoms with Gasteiger partial charge in [0, 0.05) is 21.1 Å². The van der Waals surface area contributed by atoms with E-state index in [1.807, 2.05) is 18.2 Å². The number of likely N-dealkylation sites (tertiary alicyclic amines) is 1. The monoisotopic (exact) mass is 278 g/mol. The highest BCUT2D eigenvalue weighted by molar-refractivity contribution is 5.45. The van der Waals surface area contributed by atoms with E-state index in [2.05, 4.69) is 0 Å². The lowest BCUT2D eigenvalue weighted by molar-refractivity contribution is 0.00274. The summed E-state index contributed by atoms with van der Waals surface area (Å²) in [5.74, 6) is 0.394. The van der Waals surface area contributed by atoms with Crippen LogP contribution in [-0.2, 0) is 11.8 Å². The van der Waals surface area contributed by atoms with Gasteiger partial charge in [0.1, 0.15) is 5.75 Å². The molecule has 1 saturated heterocycles. The van der Waals surface area contributed by atoms with Crippen LogP contribution in [-0.4, -0.2) is 31.5 Å². The fourth-order valence-corrected chi connectivity index (χ4v) is 4.44. The van der Waals surface area contributed by atoms with Gasteiger partial charge in [-0.1, -0.05) is 18.9 Å². The zero-order valence-electron chi connectivity index (χ0n) is 18.8. The number of piperidine rings is 1. The SMILES string of the molecule is [2H]C([2H])([2H])N1[C@H]2Cc3ccc(OC)cc3[C@@]3(CCCCC23)C([2H])([2H])C1([2H])[2H]. The van der Waals surface area contributed by atoms with Gasteiger partial charge < -0.3 is 9.64 Å². The Kier molecular flexibility index (Phi) is 1.64. The second-order valence-electron chi connectivity index (χ2n) is 6.22. The summed E-state index contributed by atoms with van der Waals surface area (Å²) in [4.78, 5) is 0.863. The maximum Gasteiger partial charge on any atom is 0.119 e. The first-order valence-corrected chi connectivity index (χ1v) is 7.45. The molecule has 1 heterocycles. The molecule has 2 nitrogen and oxygen atoms in total. The minimum atomic E-state index is -2.70. The van der Waals surface area contributed by atoms with Gasteiger partial charge in [-0.2, -0.15) is 0 Å². The molecule has 2 fully saturated rings. The van der Waals surface area contributed by atoms with Crippen molar-refractivity contribution in [3.63, 3.8) is 0 Å². The van der Waals surface area contributed by atoms with E-state index in [1.165, 1.54) is 0 Å². The van der Waals surface area contributed by atoms with Gasteiger partial charge in [-0.3, -0.25) is 0 Å². The van der Waals surface area contributed by atoms with Crippen LogP contribution in [0, 0.1) is 5.92 Å². The van der Waals surface area contributed by atoms with Crippen LogP contribution in [0.2, 0.25) is 0 Å². The van der Waals surface area contributed by atoms with E-state index in [1.54, 1.807) is 7.11 Å². The van der Waals surface area contributed by atoms with Crippen molar-refractivity contribution in [1.29, 1.82) is 0 Å². The number of fused-ring (bicyclic) bond motifs is 1. The van der Waals surface area contributed by atoms with Crippen LogP contribution in [0.1, 0.15) is 52.8 Å². The van der Waals surface area contributed by atoms with Crippen molar-refractivity contribution in [2.45, 2.75) is 49.9 Å². The average Bonchev–Trinajstić information content (AvgIpc) is 2.59. The van der Waals surface area contributed by atoms with Gasteiger partial charge in [0.15, 0.2) is 0 Å². The fraction of sp³-hybridized carbons (Fsp3) is 0.667. The van der Waals surface area contributed by atoms with Crippen LogP contribution >= 0.6 is 0 Å². The van der Waals surface area contributed by atoms with Crippen molar-refractivity contribution >= 4 is 0 Å². The molecule has 20 heavy (non-hydrogen) atoms. The maximum atomic E-state index is 8.95. The third kappa shape index (κ3) is 1.60. The standard InChI is InChI=1S/C18H25NO/c1-19-10-9-18-8-4-3-5-15(18)17(19)11-13-6-7-14(20-2)12-16(13)18/h6-7,12,15,17H,3-5,8-11H2,1-2H3/t15?,17-,18-/m0/s1/i1D3,9D2,10D2. The molecule has 0 amide bonds. The molecule has 1 saturated carbocycles. The predicted molar refractivity (Wildman–Crippen MR) is 81.4 cm³/mol. The van der Waals surface area contributed by atoms with E-state index in [9.17, 15) is 0 Å². The molecular formula is C18H25NO. The predicted octanol–water partition coefficient (Wildman–Crippen LogP) is 3.38. The number of hydrogen-bond donors (Lipinski definition) is 0. The number of methoxy groups -OCH3 is 1. The minimum Gasteiger partial charge on any atom is -0.497 e. The third-order valence-electron chi connectivity index (χ3n) is 5.39. The molecule has 108 valence electrons. The summed E-state index contributed by atoms with van der Waals surface area (Å²) in [6.07, 6.45) is 1.02. The zero-order valence-corrected chi connectivity index (χ0v) is 11.8. The van der Waals surface area contributed by atoms with Crippen LogP contribution in [0.15, 0.2) is 18.2 Å². The molecule has 4 rings (SSSR count). The molecule has 1 unspecified atom stereocenters. The second kappa shape index (κ2) is 4.49. The van der Waals surface area contributed by atoms with Crippen LogP contribution in [0.4, 0.5) is 0 Å². The molecule has 0 aromatic heterocycles. The van der Waals surface area contributed by atoms with Gasteiger partial charge in [-0.25, -0.2) is 0 Å². The Morgan fingerprint density at radius 3 is 3.25 bits per heavy atom. The molecule has 3 atom stereocenters. The van der Waals surface area contributed by atoms with Crippen LogP contribution < -0.4 is 4.74 Å². The summed E-state index contributed by atoms with van der Waals surface area (Å²) >= 11 is 0. The third-order valence-corrected chi connectivity index (χ3v) is 5.39. The number of likely N-dealkylation sites (N-methyl/N-ethyl adjacent to an activating group) is 1. The smallest absolute Gasteiger partial charge is 0.119 e. The van der Waals surface area contributed by atoms with Gasteiger partial charge in [-0.05, 0) is 68.3 Å². The van der Waals surface area contributed by atoms with E-state index in [-0.39, 0.29) is 5.92 Å². The van der Waals surface area contributed by atoms with E-state index in [4.69, 9.17) is 14.3 Å². The minimum absolute atomic E-state index is 0.231. The Hall–Kier alpha value is -1.02. The number of nitrogens with zero attached hydrogens (tertiary/aromatic N) is 1. The lowest BCUT2D eigenvalue weighted by atomic mass is 9.52. The Morgan fingerprint density at radius 2 is 2.40 bits per heavy atom. The molecule has 0 radical (unpaired) electrons. The molecule has 0 spiro atoms. The normalized spacial score (nSPS) is 47.0. The Labute approximate surface area is 132 Å². The van der Waals surface area contributed by atoms with E-state index < -0.39 is 31.3 Å². The maximum absolute atomic E-state index is 8.95. The van der Waals surface area contributed by atoms with Crippen LogP contribution in [0.3, 0.4) is 0 Å². The first kappa shape index (κ1) is 7.31. The Balaban J connectivity index is 2.03. The van der Waals surface area contributed by atoms with Gasteiger partial charge in [-0.15, -0.1) is 0 Å². The fourth-order valence-electron chi connectivity index (χ4n) is 4.44. The van der Waals surface area contributed by atoms with Crippen LogP contribution in [0.25, 0.3) is 0 Å². The molecule has 0 N–H and O–H groups in total. The van der Waals surface area contributed by atoms with E-state index in [0.717, 1.165) is 28.9 Å². The molecule has 2 heteroatoms. The molecular weight excluding hydrogens is 246 g/mol. The number of benzene rings is 1. The van der Waals surface area contributed by atoms with Crippen LogP contribution in [0.5, 0.6) is 5.75 Å². The van der Waals surface area contributed by atoms with Crippen molar-refractivity contribution in [3.8, 4) is 5.75 Å². The number of rotatable bonds is 1. The lowest BCUT2D eigenvalue weighted by Crippen LogP contribution is -2.59. The highest BCUT2D eigenvalue weighted by Gasteiger charge is 2.53. The Bertz CT molecular complexity index is 763. The van der Waals surface area contributed by atoms with Crippen molar-refractivity contribution in [1.82, 2.24) is 4.90 Å².